The molecule has 0 aliphatic rings. The van der Waals surface area contributed by atoms with E-state index >= 15 is 0 Å². The van der Waals surface area contributed by atoms with Gasteiger partial charge in [-0.05, 0) is 37.1 Å². The van der Waals surface area contributed by atoms with Crippen LogP contribution in [0.5, 0.6) is 5.75 Å². The molecule has 108 valence electrons. The molecule has 0 bridgehead atoms. The molecule has 1 N–H and O–H groups in total. The van der Waals surface area contributed by atoms with Gasteiger partial charge in [0, 0.05) is 12.8 Å². The Balaban J connectivity index is 2.34. The van der Waals surface area contributed by atoms with E-state index in [2.05, 4.69) is 19.2 Å². The lowest BCUT2D eigenvalue weighted by atomic mass is 10.1. The second kappa shape index (κ2) is 7.50. The molecule has 1 aromatic carbocycles. The second-order valence-electron chi connectivity index (χ2n) is 5.03. The van der Waals surface area contributed by atoms with Gasteiger partial charge in [0.2, 0.25) is 0 Å². The molecule has 1 rings (SSSR count). The van der Waals surface area contributed by atoms with E-state index in [9.17, 15) is 8.42 Å². The fourth-order valence-electron chi connectivity index (χ4n) is 1.55. The number of hydrogen-bond donors (Lipinski definition) is 1. The van der Waals surface area contributed by atoms with Crippen LogP contribution in [-0.4, -0.2) is 34.4 Å². The fourth-order valence-corrected chi connectivity index (χ4v) is 2.21. The molecule has 19 heavy (non-hydrogen) atoms. The van der Waals surface area contributed by atoms with Crippen molar-refractivity contribution < 1.29 is 13.2 Å². The summed E-state index contributed by atoms with van der Waals surface area (Å²) in [5.41, 5.74) is 0. The maximum atomic E-state index is 11.4. The van der Waals surface area contributed by atoms with Gasteiger partial charge >= 0.3 is 0 Å². The largest absolute Gasteiger partial charge is 0.492 e. The Morgan fingerprint density at radius 2 is 2.00 bits per heavy atom. The van der Waals surface area contributed by atoms with E-state index in [4.69, 9.17) is 4.74 Å². The number of nitrogens with one attached hydrogen (secondary N) is 1. The molecule has 0 atom stereocenters. The minimum Gasteiger partial charge on any atom is -0.492 e. The molecule has 1 aromatic rings. The summed E-state index contributed by atoms with van der Waals surface area (Å²) in [5.74, 6) is 1.29. The molecule has 0 radical (unpaired) electrons. The van der Waals surface area contributed by atoms with Crippen molar-refractivity contribution in [3.63, 3.8) is 0 Å². The smallest absolute Gasteiger partial charge is 0.175 e. The lowest BCUT2D eigenvalue weighted by Gasteiger charge is -2.09. The van der Waals surface area contributed by atoms with Crippen molar-refractivity contribution in [2.45, 2.75) is 25.2 Å². The summed E-state index contributed by atoms with van der Waals surface area (Å²) in [6.07, 6.45) is 2.34. The summed E-state index contributed by atoms with van der Waals surface area (Å²) in [4.78, 5) is 0.290. The Kier molecular flexibility index (Phi) is 6.31. The van der Waals surface area contributed by atoms with Gasteiger partial charge in [0.1, 0.15) is 12.4 Å². The standard InChI is InChI=1S/C14H23NO3S/c1-12(2)7-8-15-9-10-18-13-5-4-6-14(11-13)19(3,16)17/h4-6,11-12,15H,7-10H2,1-3H3. The first-order chi connectivity index (χ1) is 8.89. The van der Waals surface area contributed by atoms with E-state index in [1.807, 2.05) is 0 Å². The van der Waals surface area contributed by atoms with Gasteiger partial charge in [-0.3, -0.25) is 0 Å². The van der Waals surface area contributed by atoms with Crippen LogP contribution in [0.25, 0.3) is 0 Å². The summed E-state index contributed by atoms with van der Waals surface area (Å²) in [6, 6.07) is 6.59. The Morgan fingerprint density at radius 1 is 1.26 bits per heavy atom. The number of ether oxygens (including phenoxy) is 1. The van der Waals surface area contributed by atoms with Crippen LogP contribution in [-0.2, 0) is 9.84 Å². The number of benzene rings is 1. The Morgan fingerprint density at radius 3 is 2.63 bits per heavy atom. The molecule has 0 heterocycles. The molecule has 0 fully saturated rings. The van der Waals surface area contributed by atoms with Crippen LogP contribution < -0.4 is 10.1 Å². The molecule has 0 aliphatic heterocycles. The summed E-state index contributed by atoms with van der Waals surface area (Å²) < 4.78 is 28.3. The van der Waals surface area contributed by atoms with Gasteiger partial charge in [0.05, 0.1) is 4.90 Å². The van der Waals surface area contributed by atoms with Crippen molar-refractivity contribution in [2.75, 3.05) is 26.0 Å². The van der Waals surface area contributed by atoms with Gasteiger partial charge in [-0.1, -0.05) is 19.9 Å². The van der Waals surface area contributed by atoms with Crippen LogP contribution in [0.3, 0.4) is 0 Å². The molecule has 0 saturated carbocycles. The van der Waals surface area contributed by atoms with Gasteiger partial charge < -0.3 is 10.1 Å². The summed E-state index contributed by atoms with van der Waals surface area (Å²) >= 11 is 0. The van der Waals surface area contributed by atoms with Crippen LogP contribution in [0.4, 0.5) is 0 Å². The van der Waals surface area contributed by atoms with Crippen molar-refractivity contribution >= 4 is 9.84 Å². The average molecular weight is 285 g/mol. The first-order valence-corrected chi connectivity index (χ1v) is 8.42. The predicted molar refractivity (Wildman–Crippen MR) is 77.4 cm³/mol. The molecule has 4 nitrogen and oxygen atoms in total. The summed E-state index contributed by atoms with van der Waals surface area (Å²) in [7, 11) is -3.17. The molecule has 0 spiro atoms. The van der Waals surface area contributed by atoms with E-state index in [1.54, 1.807) is 24.3 Å². The lowest BCUT2D eigenvalue weighted by Crippen LogP contribution is -2.23. The lowest BCUT2D eigenvalue weighted by molar-refractivity contribution is 0.311. The van der Waals surface area contributed by atoms with Gasteiger partial charge in [0.25, 0.3) is 0 Å². The van der Waals surface area contributed by atoms with Gasteiger partial charge in [-0.2, -0.15) is 0 Å². The van der Waals surface area contributed by atoms with Crippen LogP contribution in [0.1, 0.15) is 20.3 Å². The zero-order chi connectivity index (χ0) is 14.3. The molecule has 5 heteroatoms. The highest BCUT2D eigenvalue weighted by atomic mass is 32.2. The van der Waals surface area contributed by atoms with Crippen LogP contribution in [0.15, 0.2) is 29.2 Å². The van der Waals surface area contributed by atoms with Crippen LogP contribution in [0, 0.1) is 5.92 Å². The van der Waals surface area contributed by atoms with Crippen molar-refractivity contribution in [3.8, 4) is 5.75 Å². The zero-order valence-electron chi connectivity index (χ0n) is 11.8. The quantitative estimate of drug-likeness (QED) is 0.743. The maximum Gasteiger partial charge on any atom is 0.175 e. The summed E-state index contributed by atoms with van der Waals surface area (Å²) in [6.45, 7) is 6.65. The fraction of sp³-hybridized carbons (Fsp3) is 0.571. The van der Waals surface area contributed by atoms with E-state index in [-0.39, 0.29) is 4.90 Å². The van der Waals surface area contributed by atoms with Gasteiger partial charge in [0.15, 0.2) is 9.84 Å². The topological polar surface area (TPSA) is 55.4 Å². The Bertz CT molecular complexity index is 483. The monoisotopic (exact) mass is 285 g/mol. The van der Waals surface area contributed by atoms with Crippen molar-refractivity contribution in [1.82, 2.24) is 5.32 Å². The molecular weight excluding hydrogens is 262 g/mol. The van der Waals surface area contributed by atoms with E-state index < -0.39 is 9.84 Å². The third kappa shape index (κ3) is 6.59. The number of sulfone groups is 1. The Labute approximate surface area is 116 Å². The maximum absolute atomic E-state index is 11.4. The third-order valence-corrected chi connectivity index (χ3v) is 3.79. The van der Waals surface area contributed by atoms with Crippen LogP contribution >= 0.6 is 0 Å². The summed E-state index contributed by atoms with van der Waals surface area (Å²) in [5, 5.41) is 3.29. The Hall–Kier alpha value is -1.07. The van der Waals surface area contributed by atoms with Gasteiger partial charge in [-0.15, -0.1) is 0 Å². The highest BCUT2D eigenvalue weighted by molar-refractivity contribution is 7.90. The van der Waals surface area contributed by atoms with Crippen LogP contribution in [0.2, 0.25) is 0 Å². The predicted octanol–water partition coefficient (Wildman–Crippen LogP) is 2.10. The zero-order valence-corrected chi connectivity index (χ0v) is 12.7. The van der Waals surface area contributed by atoms with E-state index in [0.717, 1.165) is 19.5 Å². The van der Waals surface area contributed by atoms with Gasteiger partial charge in [-0.25, -0.2) is 8.42 Å². The van der Waals surface area contributed by atoms with E-state index in [0.29, 0.717) is 18.3 Å². The molecule has 0 amide bonds. The first kappa shape index (κ1) is 16.0. The SMILES string of the molecule is CC(C)CCNCCOc1cccc(S(C)(=O)=O)c1. The highest BCUT2D eigenvalue weighted by Gasteiger charge is 2.07. The normalized spacial score (nSPS) is 11.8. The van der Waals surface area contributed by atoms with E-state index in [1.165, 1.54) is 6.26 Å². The molecular formula is C14H23NO3S. The first-order valence-electron chi connectivity index (χ1n) is 6.53. The van der Waals surface area contributed by atoms with Crippen molar-refractivity contribution in [1.29, 1.82) is 0 Å². The third-order valence-electron chi connectivity index (χ3n) is 2.68. The second-order valence-corrected chi connectivity index (χ2v) is 7.04. The molecule has 0 aliphatic carbocycles. The molecule has 0 saturated heterocycles. The van der Waals surface area contributed by atoms with Crippen molar-refractivity contribution in [3.05, 3.63) is 24.3 Å². The number of rotatable bonds is 8. The molecule has 0 unspecified atom stereocenters. The minimum absolute atomic E-state index is 0.290. The van der Waals surface area contributed by atoms with Crippen molar-refractivity contribution in [2.24, 2.45) is 5.92 Å². The average Bonchev–Trinajstić information content (AvgIpc) is 2.32. The minimum atomic E-state index is -3.17. The number of hydrogen-bond acceptors (Lipinski definition) is 4. The highest BCUT2D eigenvalue weighted by Crippen LogP contribution is 2.17. The molecule has 0 aromatic heterocycles.